The monoisotopic (exact) mass is 271 g/mol. The SMILES string of the molecule is Cc1cc(C)cc(-n2c3ccccc3c3ccccc32)c1. The molecule has 1 heteroatoms. The molecule has 0 saturated heterocycles. The Labute approximate surface area is 124 Å². The third-order valence-corrected chi connectivity index (χ3v) is 4.04. The second-order valence-corrected chi connectivity index (χ2v) is 5.72. The van der Waals surface area contributed by atoms with Crippen LogP contribution in [0.25, 0.3) is 27.5 Å². The summed E-state index contributed by atoms with van der Waals surface area (Å²) in [6.45, 7) is 4.31. The number of aromatic nitrogens is 1. The lowest BCUT2D eigenvalue weighted by atomic mass is 10.1. The van der Waals surface area contributed by atoms with Gasteiger partial charge in [-0.05, 0) is 49.2 Å². The van der Waals surface area contributed by atoms with Gasteiger partial charge in [0, 0.05) is 16.5 Å². The molecule has 1 nitrogen and oxygen atoms in total. The maximum absolute atomic E-state index is 2.37. The molecule has 0 unspecified atom stereocenters. The first-order valence-electron chi connectivity index (χ1n) is 7.31. The Morgan fingerprint density at radius 1 is 0.619 bits per heavy atom. The number of hydrogen-bond donors (Lipinski definition) is 0. The topological polar surface area (TPSA) is 4.93 Å². The summed E-state index contributed by atoms with van der Waals surface area (Å²) in [5, 5.41) is 2.62. The van der Waals surface area contributed by atoms with E-state index < -0.39 is 0 Å². The molecule has 0 N–H and O–H groups in total. The van der Waals surface area contributed by atoms with Crippen molar-refractivity contribution in [3.63, 3.8) is 0 Å². The van der Waals surface area contributed by atoms with Crippen molar-refractivity contribution in [1.29, 1.82) is 0 Å². The van der Waals surface area contributed by atoms with E-state index in [9.17, 15) is 0 Å². The Morgan fingerprint density at radius 3 is 1.62 bits per heavy atom. The summed E-state index contributed by atoms with van der Waals surface area (Å²) in [5.41, 5.74) is 6.37. The van der Waals surface area contributed by atoms with E-state index in [2.05, 4.69) is 85.1 Å². The largest absolute Gasteiger partial charge is 0.309 e. The van der Waals surface area contributed by atoms with E-state index >= 15 is 0 Å². The van der Waals surface area contributed by atoms with E-state index in [1.54, 1.807) is 0 Å². The van der Waals surface area contributed by atoms with E-state index in [4.69, 9.17) is 0 Å². The summed E-state index contributed by atoms with van der Waals surface area (Å²) in [7, 11) is 0. The van der Waals surface area contributed by atoms with Crippen molar-refractivity contribution in [3.05, 3.63) is 77.9 Å². The van der Waals surface area contributed by atoms with Gasteiger partial charge in [-0.1, -0.05) is 42.5 Å². The molecule has 3 aromatic carbocycles. The number of rotatable bonds is 1. The Morgan fingerprint density at radius 2 is 1.10 bits per heavy atom. The van der Waals surface area contributed by atoms with Gasteiger partial charge in [0.05, 0.1) is 11.0 Å². The molecule has 0 radical (unpaired) electrons. The van der Waals surface area contributed by atoms with Crippen molar-refractivity contribution in [1.82, 2.24) is 4.57 Å². The molecular weight excluding hydrogens is 254 g/mol. The summed E-state index contributed by atoms with van der Waals surface area (Å²) in [5.74, 6) is 0. The summed E-state index contributed by atoms with van der Waals surface area (Å²) < 4.78 is 2.37. The predicted octanol–water partition coefficient (Wildman–Crippen LogP) is 5.40. The number of aryl methyl sites for hydroxylation is 2. The van der Waals surface area contributed by atoms with Crippen LogP contribution in [0.15, 0.2) is 66.7 Å². The number of hydrogen-bond acceptors (Lipinski definition) is 0. The highest BCUT2D eigenvalue weighted by Gasteiger charge is 2.11. The van der Waals surface area contributed by atoms with Gasteiger partial charge in [-0.2, -0.15) is 0 Å². The summed E-state index contributed by atoms with van der Waals surface area (Å²) in [6, 6.07) is 24.0. The van der Waals surface area contributed by atoms with E-state index in [0.29, 0.717) is 0 Å². The molecule has 1 heterocycles. The van der Waals surface area contributed by atoms with Gasteiger partial charge >= 0.3 is 0 Å². The zero-order valence-corrected chi connectivity index (χ0v) is 12.3. The predicted molar refractivity (Wildman–Crippen MR) is 90.3 cm³/mol. The van der Waals surface area contributed by atoms with Crippen LogP contribution in [-0.2, 0) is 0 Å². The van der Waals surface area contributed by atoms with Crippen LogP contribution in [-0.4, -0.2) is 4.57 Å². The first kappa shape index (κ1) is 12.2. The van der Waals surface area contributed by atoms with Gasteiger partial charge in [0.1, 0.15) is 0 Å². The number of nitrogens with zero attached hydrogens (tertiary/aromatic N) is 1. The molecule has 0 saturated carbocycles. The van der Waals surface area contributed by atoms with Crippen LogP contribution in [0.4, 0.5) is 0 Å². The molecule has 1 aromatic heterocycles. The maximum Gasteiger partial charge on any atom is 0.0541 e. The van der Waals surface area contributed by atoms with Gasteiger partial charge in [0.15, 0.2) is 0 Å². The third-order valence-electron chi connectivity index (χ3n) is 4.04. The van der Waals surface area contributed by atoms with Crippen LogP contribution in [0.1, 0.15) is 11.1 Å². The van der Waals surface area contributed by atoms with E-state index in [0.717, 1.165) is 0 Å². The third kappa shape index (κ3) is 1.85. The smallest absolute Gasteiger partial charge is 0.0541 e. The summed E-state index contributed by atoms with van der Waals surface area (Å²) >= 11 is 0. The fraction of sp³-hybridized carbons (Fsp3) is 0.100. The van der Waals surface area contributed by atoms with Crippen molar-refractivity contribution in [2.24, 2.45) is 0 Å². The highest BCUT2D eigenvalue weighted by atomic mass is 15.0. The molecule has 0 bridgehead atoms. The molecular formula is C20H17N. The minimum atomic E-state index is 1.24. The quantitative estimate of drug-likeness (QED) is 0.437. The number of fused-ring (bicyclic) bond motifs is 3. The first-order chi connectivity index (χ1) is 10.2. The Kier molecular flexibility index (Phi) is 2.61. The van der Waals surface area contributed by atoms with E-state index in [1.165, 1.54) is 38.6 Å². The van der Waals surface area contributed by atoms with E-state index in [-0.39, 0.29) is 0 Å². The van der Waals surface area contributed by atoms with Gasteiger partial charge in [0.2, 0.25) is 0 Å². The van der Waals surface area contributed by atoms with Gasteiger partial charge in [-0.25, -0.2) is 0 Å². The zero-order chi connectivity index (χ0) is 14.4. The molecule has 0 aliphatic rings. The van der Waals surface area contributed by atoms with Gasteiger partial charge in [0.25, 0.3) is 0 Å². The van der Waals surface area contributed by atoms with Crippen molar-refractivity contribution in [2.45, 2.75) is 13.8 Å². The van der Waals surface area contributed by atoms with Crippen molar-refractivity contribution < 1.29 is 0 Å². The lowest BCUT2D eigenvalue weighted by Crippen LogP contribution is -1.95. The lowest BCUT2D eigenvalue weighted by molar-refractivity contribution is 1.16. The van der Waals surface area contributed by atoms with Crippen LogP contribution in [0.3, 0.4) is 0 Å². The fourth-order valence-electron chi connectivity index (χ4n) is 3.28. The molecule has 0 aliphatic carbocycles. The molecule has 0 fully saturated rings. The highest BCUT2D eigenvalue weighted by Crippen LogP contribution is 2.32. The summed E-state index contributed by atoms with van der Waals surface area (Å²) in [4.78, 5) is 0. The molecule has 4 aromatic rings. The maximum atomic E-state index is 2.37. The average molecular weight is 271 g/mol. The standard InChI is InChI=1S/C20H17N/c1-14-11-15(2)13-16(12-14)21-19-9-5-3-7-17(19)18-8-4-6-10-20(18)21/h3-13H,1-2H3. The molecule has 21 heavy (non-hydrogen) atoms. The van der Waals surface area contributed by atoms with Crippen LogP contribution >= 0.6 is 0 Å². The van der Waals surface area contributed by atoms with Gasteiger partial charge in [-0.3, -0.25) is 0 Å². The second kappa shape index (κ2) is 4.49. The van der Waals surface area contributed by atoms with E-state index in [1.807, 2.05) is 0 Å². The van der Waals surface area contributed by atoms with Crippen LogP contribution in [0.2, 0.25) is 0 Å². The first-order valence-corrected chi connectivity index (χ1v) is 7.31. The average Bonchev–Trinajstić information content (AvgIpc) is 2.81. The van der Waals surface area contributed by atoms with Crippen LogP contribution in [0.5, 0.6) is 0 Å². The highest BCUT2D eigenvalue weighted by molar-refractivity contribution is 6.09. The number of para-hydroxylation sites is 2. The lowest BCUT2D eigenvalue weighted by Gasteiger charge is -2.10. The Bertz CT molecular complexity index is 887. The normalized spacial score (nSPS) is 11.3. The number of benzene rings is 3. The molecule has 0 spiro atoms. The minimum Gasteiger partial charge on any atom is -0.309 e. The Balaban J connectivity index is 2.20. The molecule has 0 aliphatic heterocycles. The fourth-order valence-corrected chi connectivity index (χ4v) is 3.28. The molecule has 0 atom stereocenters. The van der Waals surface area contributed by atoms with Crippen molar-refractivity contribution in [2.75, 3.05) is 0 Å². The van der Waals surface area contributed by atoms with Crippen molar-refractivity contribution in [3.8, 4) is 5.69 Å². The zero-order valence-electron chi connectivity index (χ0n) is 12.3. The van der Waals surface area contributed by atoms with Gasteiger partial charge < -0.3 is 4.57 Å². The molecule has 0 amide bonds. The second-order valence-electron chi connectivity index (χ2n) is 5.72. The minimum absolute atomic E-state index is 1.24. The van der Waals surface area contributed by atoms with Crippen LogP contribution in [0, 0.1) is 13.8 Å². The summed E-state index contributed by atoms with van der Waals surface area (Å²) in [6.07, 6.45) is 0. The van der Waals surface area contributed by atoms with Crippen LogP contribution < -0.4 is 0 Å². The van der Waals surface area contributed by atoms with Crippen molar-refractivity contribution >= 4 is 21.8 Å². The Hall–Kier alpha value is -2.54. The molecule has 102 valence electrons. The molecule has 4 rings (SSSR count). The van der Waals surface area contributed by atoms with Gasteiger partial charge in [-0.15, -0.1) is 0 Å².